The SMILES string of the molecule is Cc1ccc(CN(C(=O)[C@H]2OCC(=O)N[C@@H]2c2cccnc2)C2CC2)s1. The van der Waals surface area contributed by atoms with Gasteiger partial charge in [0.05, 0.1) is 12.6 Å². The molecule has 7 heteroatoms. The van der Waals surface area contributed by atoms with Crippen LogP contribution in [0.5, 0.6) is 0 Å². The Morgan fingerprint density at radius 1 is 1.38 bits per heavy atom. The molecule has 2 aromatic rings. The third kappa shape index (κ3) is 3.64. The molecule has 1 saturated heterocycles. The monoisotopic (exact) mass is 371 g/mol. The van der Waals surface area contributed by atoms with Crippen LogP contribution in [0, 0.1) is 6.92 Å². The lowest BCUT2D eigenvalue weighted by Gasteiger charge is -2.35. The molecular formula is C19H21N3O3S. The lowest BCUT2D eigenvalue weighted by Crippen LogP contribution is -2.53. The van der Waals surface area contributed by atoms with Gasteiger partial charge in [-0.15, -0.1) is 11.3 Å². The second kappa shape index (κ2) is 7.17. The normalized spacial score (nSPS) is 22.7. The van der Waals surface area contributed by atoms with Crippen LogP contribution in [0.4, 0.5) is 0 Å². The van der Waals surface area contributed by atoms with Crippen LogP contribution in [0.2, 0.25) is 0 Å². The first-order valence-electron chi connectivity index (χ1n) is 8.78. The molecule has 2 amide bonds. The van der Waals surface area contributed by atoms with Crippen molar-refractivity contribution in [3.63, 3.8) is 0 Å². The molecule has 4 rings (SSSR count). The molecule has 6 nitrogen and oxygen atoms in total. The summed E-state index contributed by atoms with van der Waals surface area (Å²) in [4.78, 5) is 33.6. The highest BCUT2D eigenvalue weighted by Crippen LogP contribution is 2.33. The molecular weight excluding hydrogens is 350 g/mol. The van der Waals surface area contributed by atoms with Crippen molar-refractivity contribution in [1.82, 2.24) is 15.2 Å². The van der Waals surface area contributed by atoms with Crippen LogP contribution in [-0.2, 0) is 20.9 Å². The Labute approximate surface area is 156 Å². The number of aromatic nitrogens is 1. The molecule has 2 aromatic heterocycles. The largest absolute Gasteiger partial charge is 0.356 e. The van der Waals surface area contributed by atoms with E-state index in [0.29, 0.717) is 6.54 Å². The zero-order valence-corrected chi connectivity index (χ0v) is 15.4. The van der Waals surface area contributed by atoms with Gasteiger partial charge in [0.2, 0.25) is 5.91 Å². The molecule has 1 saturated carbocycles. The first kappa shape index (κ1) is 17.2. The molecule has 0 aromatic carbocycles. The van der Waals surface area contributed by atoms with E-state index in [1.807, 2.05) is 11.0 Å². The number of pyridine rings is 1. The molecule has 3 heterocycles. The number of hydrogen-bond donors (Lipinski definition) is 1. The zero-order chi connectivity index (χ0) is 18.1. The Balaban J connectivity index is 1.57. The van der Waals surface area contributed by atoms with Crippen LogP contribution in [0.3, 0.4) is 0 Å². The van der Waals surface area contributed by atoms with Gasteiger partial charge in [-0.05, 0) is 43.5 Å². The minimum atomic E-state index is -0.724. The number of nitrogens with one attached hydrogen (secondary N) is 1. The second-order valence-electron chi connectivity index (χ2n) is 6.77. The summed E-state index contributed by atoms with van der Waals surface area (Å²) in [5.41, 5.74) is 0.779. The van der Waals surface area contributed by atoms with Gasteiger partial charge in [-0.25, -0.2) is 0 Å². The number of nitrogens with zero attached hydrogens (tertiary/aromatic N) is 2. The van der Waals surface area contributed by atoms with Gasteiger partial charge in [-0.3, -0.25) is 14.6 Å². The Hall–Kier alpha value is -2.25. The minimum absolute atomic E-state index is 0.0626. The molecule has 1 aliphatic carbocycles. The third-order valence-electron chi connectivity index (χ3n) is 4.69. The van der Waals surface area contributed by atoms with Gasteiger partial charge in [0, 0.05) is 28.2 Å². The van der Waals surface area contributed by atoms with Gasteiger partial charge in [-0.1, -0.05) is 6.07 Å². The second-order valence-corrected chi connectivity index (χ2v) is 8.15. The Morgan fingerprint density at radius 2 is 2.23 bits per heavy atom. The van der Waals surface area contributed by atoms with Gasteiger partial charge >= 0.3 is 0 Å². The topological polar surface area (TPSA) is 71.5 Å². The van der Waals surface area contributed by atoms with E-state index < -0.39 is 12.1 Å². The Morgan fingerprint density at radius 3 is 2.88 bits per heavy atom. The van der Waals surface area contributed by atoms with E-state index in [0.717, 1.165) is 18.4 Å². The summed E-state index contributed by atoms with van der Waals surface area (Å²) in [6.45, 7) is 2.56. The summed E-state index contributed by atoms with van der Waals surface area (Å²) in [5.74, 6) is -0.276. The number of aryl methyl sites for hydroxylation is 1. The van der Waals surface area contributed by atoms with Gasteiger partial charge in [0.1, 0.15) is 6.61 Å². The van der Waals surface area contributed by atoms with E-state index in [9.17, 15) is 9.59 Å². The highest BCUT2D eigenvalue weighted by atomic mass is 32.1. The number of rotatable bonds is 5. The first-order chi connectivity index (χ1) is 12.6. The fourth-order valence-corrected chi connectivity index (χ4v) is 4.15. The van der Waals surface area contributed by atoms with E-state index in [2.05, 4.69) is 29.4 Å². The third-order valence-corrected chi connectivity index (χ3v) is 5.68. The average Bonchev–Trinajstić information content (AvgIpc) is 3.41. The Kier molecular flexibility index (Phi) is 4.74. The van der Waals surface area contributed by atoms with Gasteiger partial charge in [-0.2, -0.15) is 0 Å². The molecule has 1 N–H and O–H groups in total. The summed E-state index contributed by atoms with van der Waals surface area (Å²) >= 11 is 1.71. The molecule has 2 fully saturated rings. The lowest BCUT2D eigenvalue weighted by atomic mass is 10.00. The maximum atomic E-state index is 13.3. The van der Waals surface area contributed by atoms with Crippen molar-refractivity contribution in [2.75, 3.05) is 6.61 Å². The van der Waals surface area contributed by atoms with Crippen molar-refractivity contribution in [1.29, 1.82) is 0 Å². The standard InChI is InChI=1S/C19H21N3O3S/c1-12-4-7-15(26-12)10-22(14-5-6-14)19(24)18-17(21-16(23)11-25-18)13-3-2-8-20-9-13/h2-4,7-9,14,17-18H,5-6,10-11H2,1H3,(H,21,23)/t17-,18+/m1/s1. The van der Waals surface area contributed by atoms with Crippen molar-refractivity contribution < 1.29 is 14.3 Å². The molecule has 0 unspecified atom stereocenters. The van der Waals surface area contributed by atoms with Crippen molar-refractivity contribution >= 4 is 23.2 Å². The summed E-state index contributed by atoms with van der Waals surface area (Å²) in [7, 11) is 0. The number of thiophene rings is 1. The number of carbonyl (C=O) groups is 2. The van der Waals surface area contributed by atoms with Crippen LogP contribution < -0.4 is 5.32 Å². The summed E-state index contributed by atoms with van der Waals surface area (Å²) < 4.78 is 5.69. The predicted molar refractivity (Wildman–Crippen MR) is 97.5 cm³/mol. The van der Waals surface area contributed by atoms with Crippen LogP contribution in [0.25, 0.3) is 0 Å². The predicted octanol–water partition coefficient (Wildman–Crippen LogP) is 2.20. The van der Waals surface area contributed by atoms with Crippen LogP contribution in [0.1, 0.15) is 34.2 Å². The fraction of sp³-hybridized carbons (Fsp3) is 0.421. The zero-order valence-electron chi connectivity index (χ0n) is 14.6. The fourth-order valence-electron chi connectivity index (χ4n) is 3.26. The molecule has 0 radical (unpaired) electrons. The summed E-state index contributed by atoms with van der Waals surface area (Å²) in [5, 5.41) is 2.90. The number of ether oxygens (including phenoxy) is 1. The van der Waals surface area contributed by atoms with E-state index in [-0.39, 0.29) is 24.5 Å². The molecule has 0 bridgehead atoms. The molecule has 136 valence electrons. The van der Waals surface area contributed by atoms with E-state index in [1.54, 1.807) is 29.8 Å². The highest BCUT2D eigenvalue weighted by Gasteiger charge is 2.42. The van der Waals surface area contributed by atoms with Crippen LogP contribution >= 0.6 is 11.3 Å². The maximum absolute atomic E-state index is 13.3. The summed E-state index contributed by atoms with van der Waals surface area (Å²) in [6.07, 6.45) is 4.66. The lowest BCUT2D eigenvalue weighted by molar-refractivity contribution is -0.156. The molecule has 0 spiro atoms. The molecule has 1 aliphatic heterocycles. The van der Waals surface area contributed by atoms with Crippen molar-refractivity contribution in [2.45, 2.75) is 44.5 Å². The first-order valence-corrected chi connectivity index (χ1v) is 9.60. The summed E-state index contributed by atoms with van der Waals surface area (Å²) in [6, 6.07) is 7.56. The highest BCUT2D eigenvalue weighted by molar-refractivity contribution is 7.11. The maximum Gasteiger partial charge on any atom is 0.254 e. The van der Waals surface area contributed by atoms with Crippen molar-refractivity contribution in [3.8, 4) is 0 Å². The molecule has 2 atom stereocenters. The van der Waals surface area contributed by atoms with E-state index >= 15 is 0 Å². The van der Waals surface area contributed by atoms with Gasteiger partial charge < -0.3 is 15.0 Å². The smallest absolute Gasteiger partial charge is 0.254 e. The van der Waals surface area contributed by atoms with Gasteiger partial charge in [0.15, 0.2) is 6.10 Å². The van der Waals surface area contributed by atoms with E-state index in [1.165, 1.54) is 9.75 Å². The van der Waals surface area contributed by atoms with Crippen molar-refractivity contribution in [3.05, 3.63) is 52.0 Å². The number of carbonyl (C=O) groups excluding carboxylic acids is 2. The van der Waals surface area contributed by atoms with Gasteiger partial charge in [0.25, 0.3) is 5.91 Å². The quantitative estimate of drug-likeness (QED) is 0.875. The number of hydrogen-bond acceptors (Lipinski definition) is 5. The van der Waals surface area contributed by atoms with E-state index in [4.69, 9.17) is 4.74 Å². The molecule has 2 aliphatic rings. The van der Waals surface area contributed by atoms with Crippen LogP contribution in [0.15, 0.2) is 36.7 Å². The number of amides is 2. The van der Waals surface area contributed by atoms with Crippen molar-refractivity contribution in [2.24, 2.45) is 0 Å². The van der Waals surface area contributed by atoms with Crippen LogP contribution in [-0.4, -0.2) is 40.5 Å². The average molecular weight is 371 g/mol. The Bertz CT molecular complexity index is 803. The molecule has 26 heavy (non-hydrogen) atoms. The minimum Gasteiger partial charge on any atom is -0.356 e. The number of morpholine rings is 1.